The first kappa shape index (κ1) is 11.6. The van der Waals surface area contributed by atoms with Gasteiger partial charge in [0, 0.05) is 19.0 Å². The summed E-state index contributed by atoms with van der Waals surface area (Å²) < 4.78 is 5.18. The highest BCUT2D eigenvalue weighted by molar-refractivity contribution is 5.19. The van der Waals surface area contributed by atoms with Crippen molar-refractivity contribution < 1.29 is 4.52 Å². The molecule has 1 radical (unpaired) electrons. The number of aromatic nitrogens is 4. The maximum absolute atomic E-state index is 5.18. The fraction of sp³-hybridized carbons (Fsp3) is 0.143. The molecule has 3 aromatic rings. The molecule has 0 spiro atoms. The number of hydrogen-bond donors (Lipinski definition) is 1. The number of nitrogens with zero attached hydrogens (tertiary/aromatic N) is 3. The van der Waals surface area contributed by atoms with E-state index in [9.17, 15) is 0 Å². The van der Waals surface area contributed by atoms with Gasteiger partial charge in [-0.05, 0) is 5.56 Å². The number of benzene rings is 1. The van der Waals surface area contributed by atoms with Crippen LogP contribution in [-0.2, 0) is 12.8 Å². The van der Waals surface area contributed by atoms with Crippen LogP contribution in [0.3, 0.4) is 0 Å². The summed E-state index contributed by atoms with van der Waals surface area (Å²) in [5.74, 6) is 1.23. The first-order chi connectivity index (χ1) is 9.40. The van der Waals surface area contributed by atoms with Crippen LogP contribution < -0.4 is 0 Å². The Morgan fingerprint density at radius 2 is 2.11 bits per heavy atom. The first-order valence-corrected chi connectivity index (χ1v) is 6.07. The number of imidazole rings is 1. The van der Waals surface area contributed by atoms with E-state index in [1.54, 1.807) is 6.33 Å². The largest absolute Gasteiger partial charge is 0.351 e. The lowest BCUT2D eigenvalue weighted by molar-refractivity contribution is 0.391. The zero-order valence-corrected chi connectivity index (χ0v) is 10.3. The Hall–Kier alpha value is -2.43. The van der Waals surface area contributed by atoms with E-state index in [1.807, 2.05) is 42.9 Å². The van der Waals surface area contributed by atoms with Crippen molar-refractivity contribution in [2.45, 2.75) is 12.8 Å². The maximum atomic E-state index is 5.18. The normalized spacial score (nSPS) is 10.7. The monoisotopic (exact) mass is 253 g/mol. The summed E-state index contributed by atoms with van der Waals surface area (Å²) in [7, 11) is 0. The highest BCUT2D eigenvalue weighted by atomic mass is 16.5. The molecule has 5 heteroatoms. The highest BCUT2D eigenvalue weighted by Gasteiger charge is 2.08. The third-order valence-corrected chi connectivity index (χ3v) is 2.73. The molecule has 1 aromatic carbocycles. The van der Waals surface area contributed by atoms with Crippen molar-refractivity contribution in [1.29, 1.82) is 0 Å². The van der Waals surface area contributed by atoms with Crippen LogP contribution in [0.15, 0.2) is 47.4 Å². The summed E-state index contributed by atoms with van der Waals surface area (Å²) in [6.07, 6.45) is 6.73. The van der Waals surface area contributed by atoms with Crippen LogP contribution in [0.5, 0.6) is 0 Å². The summed E-state index contributed by atoms with van der Waals surface area (Å²) in [5, 5.41) is 3.97. The van der Waals surface area contributed by atoms with Crippen molar-refractivity contribution in [3.05, 3.63) is 72.2 Å². The van der Waals surface area contributed by atoms with Gasteiger partial charge >= 0.3 is 0 Å². The van der Waals surface area contributed by atoms with E-state index in [0.717, 1.165) is 5.69 Å². The lowest BCUT2D eigenvalue weighted by Gasteiger charge is -1.94. The molecule has 0 aliphatic heterocycles. The summed E-state index contributed by atoms with van der Waals surface area (Å²) >= 11 is 0. The van der Waals surface area contributed by atoms with Gasteiger partial charge in [0.05, 0.1) is 18.4 Å². The summed E-state index contributed by atoms with van der Waals surface area (Å²) in [5.41, 5.74) is 2.12. The Morgan fingerprint density at radius 3 is 2.89 bits per heavy atom. The minimum absolute atomic E-state index is 0.536. The Labute approximate surface area is 110 Å². The summed E-state index contributed by atoms with van der Waals surface area (Å²) in [4.78, 5) is 11.4. The smallest absolute Gasteiger partial charge is 0.230 e. The molecule has 2 aromatic heterocycles. The zero-order chi connectivity index (χ0) is 12.9. The predicted octanol–water partition coefficient (Wildman–Crippen LogP) is 2.18. The van der Waals surface area contributed by atoms with Gasteiger partial charge in [-0.1, -0.05) is 35.5 Å². The highest BCUT2D eigenvalue weighted by Crippen LogP contribution is 2.09. The molecule has 19 heavy (non-hydrogen) atoms. The minimum atomic E-state index is 0.536. The fourth-order valence-electron chi connectivity index (χ4n) is 1.80. The molecule has 0 aliphatic carbocycles. The van der Waals surface area contributed by atoms with Crippen molar-refractivity contribution >= 4 is 0 Å². The van der Waals surface area contributed by atoms with Crippen molar-refractivity contribution in [1.82, 2.24) is 20.1 Å². The Morgan fingerprint density at radius 1 is 1.21 bits per heavy atom. The molecule has 2 heterocycles. The van der Waals surface area contributed by atoms with E-state index in [-0.39, 0.29) is 0 Å². The molecule has 0 atom stereocenters. The van der Waals surface area contributed by atoms with Gasteiger partial charge in [0.25, 0.3) is 0 Å². The lowest BCUT2D eigenvalue weighted by atomic mass is 10.1. The number of hydrogen-bond acceptors (Lipinski definition) is 4. The van der Waals surface area contributed by atoms with Crippen LogP contribution in [-0.4, -0.2) is 20.1 Å². The third kappa shape index (κ3) is 3.07. The molecule has 0 fully saturated rings. The quantitative estimate of drug-likeness (QED) is 0.756. The molecule has 1 N–H and O–H groups in total. The van der Waals surface area contributed by atoms with E-state index >= 15 is 0 Å². The molecule has 0 unspecified atom stereocenters. The molecular formula is C14H13N4O. The number of H-pyrrole nitrogens is 1. The number of aromatic amines is 1. The second-order valence-corrected chi connectivity index (χ2v) is 4.18. The summed E-state index contributed by atoms with van der Waals surface area (Å²) in [6.45, 7) is 0. The SMILES string of the molecule is [CH](Cc1c[nH]cn1)c1nc(Cc2ccccc2)no1. The van der Waals surface area contributed by atoms with Crippen LogP contribution in [0.2, 0.25) is 0 Å². The van der Waals surface area contributed by atoms with Gasteiger partial charge in [-0.3, -0.25) is 0 Å². The average molecular weight is 253 g/mol. The second-order valence-electron chi connectivity index (χ2n) is 4.18. The van der Waals surface area contributed by atoms with E-state index in [2.05, 4.69) is 20.1 Å². The Bertz CT molecular complexity index is 616. The fourth-order valence-corrected chi connectivity index (χ4v) is 1.80. The molecule has 0 saturated heterocycles. The van der Waals surface area contributed by atoms with Crippen molar-refractivity contribution in [2.75, 3.05) is 0 Å². The molecule has 95 valence electrons. The molecule has 0 bridgehead atoms. The van der Waals surface area contributed by atoms with Gasteiger partial charge in [-0.15, -0.1) is 0 Å². The van der Waals surface area contributed by atoms with Gasteiger partial charge in [-0.25, -0.2) is 4.98 Å². The number of nitrogens with one attached hydrogen (secondary N) is 1. The van der Waals surface area contributed by atoms with Crippen molar-refractivity contribution in [3.8, 4) is 0 Å². The minimum Gasteiger partial charge on any atom is -0.351 e. The topological polar surface area (TPSA) is 67.6 Å². The second kappa shape index (κ2) is 5.48. The molecule has 5 nitrogen and oxygen atoms in total. The van der Waals surface area contributed by atoms with Gasteiger partial charge < -0.3 is 9.51 Å². The Kier molecular flexibility index (Phi) is 3.36. The van der Waals surface area contributed by atoms with E-state index in [0.29, 0.717) is 24.6 Å². The standard InChI is InChI=1S/C14H13N4O/c1-2-4-11(5-3-1)8-13-17-14(19-18-13)7-6-12-9-15-10-16-12/h1-5,7,9-10H,6,8H2,(H,15,16). The van der Waals surface area contributed by atoms with Crippen molar-refractivity contribution in [3.63, 3.8) is 0 Å². The van der Waals surface area contributed by atoms with Gasteiger partial charge in [0.15, 0.2) is 5.82 Å². The summed E-state index contributed by atoms with van der Waals surface area (Å²) in [6, 6.07) is 10.1. The average Bonchev–Trinajstić information content (AvgIpc) is 3.09. The lowest BCUT2D eigenvalue weighted by Crippen LogP contribution is -1.92. The van der Waals surface area contributed by atoms with Crippen LogP contribution in [0.4, 0.5) is 0 Å². The van der Waals surface area contributed by atoms with Gasteiger partial charge in [0.2, 0.25) is 5.89 Å². The molecule has 3 rings (SSSR count). The van der Waals surface area contributed by atoms with Crippen LogP contribution in [0.1, 0.15) is 23.0 Å². The van der Waals surface area contributed by atoms with Gasteiger partial charge in [-0.2, -0.15) is 4.98 Å². The van der Waals surface area contributed by atoms with Crippen LogP contribution >= 0.6 is 0 Å². The molecular weight excluding hydrogens is 240 g/mol. The third-order valence-electron chi connectivity index (χ3n) is 2.73. The maximum Gasteiger partial charge on any atom is 0.230 e. The van der Waals surface area contributed by atoms with E-state index in [4.69, 9.17) is 4.52 Å². The van der Waals surface area contributed by atoms with Gasteiger partial charge in [0.1, 0.15) is 0 Å². The predicted molar refractivity (Wildman–Crippen MR) is 69.2 cm³/mol. The first-order valence-electron chi connectivity index (χ1n) is 6.07. The molecule has 0 amide bonds. The Balaban J connectivity index is 1.60. The molecule has 0 saturated carbocycles. The van der Waals surface area contributed by atoms with E-state index < -0.39 is 0 Å². The zero-order valence-electron chi connectivity index (χ0n) is 10.3. The van der Waals surface area contributed by atoms with Crippen molar-refractivity contribution in [2.24, 2.45) is 0 Å². The number of rotatable bonds is 5. The van der Waals surface area contributed by atoms with E-state index in [1.165, 1.54) is 5.56 Å². The molecule has 0 aliphatic rings. The van der Waals surface area contributed by atoms with Crippen LogP contribution in [0, 0.1) is 6.42 Å². The van der Waals surface area contributed by atoms with Crippen LogP contribution in [0.25, 0.3) is 0 Å².